The molecule has 2 amide bonds. The Hall–Kier alpha value is -2.25. The second kappa shape index (κ2) is 7.33. The molecule has 2 fully saturated rings. The SMILES string of the molecule is CC1CC(C(=O)O)CN(C(=O)NC2CCCN(c3ccnn3C)C2)C1. The van der Waals surface area contributed by atoms with Crippen LogP contribution >= 0.6 is 0 Å². The van der Waals surface area contributed by atoms with Crippen molar-refractivity contribution < 1.29 is 14.7 Å². The number of nitrogens with zero attached hydrogens (tertiary/aromatic N) is 4. The maximum atomic E-state index is 12.6. The molecule has 138 valence electrons. The highest BCUT2D eigenvalue weighted by atomic mass is 16.4. The number of urea groups is 1. The number of anilines is 1. The Morgan fingerprint density at radius 3 is 2.80 bits per heavy atom. The fourth-order valence-corrected chi connectivity index (χ4v) is 3.94. The van der Waals surface area contributed by atoms with Crippen molar-refractivity contribution in [2.24, 2.45) is 18.9 Å². The third kappa shape index (κ3) is 4.05. The molecule has 3 heterocycles. The van der Waals surface area contributed by atoms with Crippen molar-refractivity contribution in [1.82, 2.24) is 20.0 Å². The summed E-state index contributed by atoms with van der Waals surface area (Å²) in [6.07, 6.45) is 4.35. The van der Waals surface area contributed by atoms with Gasteiger partial charge in [0.25, 0.3) is 0 Å². The van der Waals surface area contributed by atoms with Gasteiger partial charge in [-0.25, -0.2) is 4.79 Å². The summed E-state index contributed by atoms with van der Waals surface area (Å²) >= 11 is 0. The minimum Gasteiger partial charge on any atom is -0.481 e. The largest absolute Gasteiger partial charge is 0.481 e. The maximum absolute atomic E-state index is 12.6. The van der Waals surface area contributed by atoms with Crippen LogP contribution in [0.15, 0.2) is 12.3 Å². The van der Waals surface area contributed by atoms with E-state index in [1.807, 2.05) is 24.7 Å². The Labute approximate surface area is 147 Å². The lowest BCUT2D eigenvalue weighted by Crippen LogP contribution is -2.55. The zero-order valence-corrected chi connectivity index (χ0v) is 14.9. The summed E-state index contributed by atoms with van der Waals surface area (Å²) in [5, 5.41) is 16.6. The molecule has 1 aromatic heterocycles. The maximum Gasteiger partial charge on any atom is 0.317 e. The third-order valence-corrected chi connectivity index (χ3v) is 5.16. The molecule has 3 unspecified atom stereocenters. The number of likely N-dealkylation sites (tertiary alicyclic amines) is 1. The number of carbonyl (C=O) groups is 2. The molecule has 25 heavy (non-hydrogen) atoms. The molecule has 0 aromatic carbocycles. The smallest absolute Gasteiger partial charge is 0.317 e. The van der Waals surface area contributed by atoms with Gasteiger partial charge in [-0.2, -0.15) is 5.10 Å². The third-order valence-electron chi connectivity index (χ3n) is 5.16. The zero-order chi connectivity index (χ0) is 18.0. The lowest BCUT2D eigenvalue weighted by atomic mass is 9.91. The number of amides is 2. The van der Waals surface area contributed by atoms with Crippen LogP contribution < -0.4 is 10.2 Å². The van der Waals surface area contributed by atoms with E-state index in [9.17, 15) is 14.7 Å². The number of piperidine rings is 2. The van der Waals surface area contributed by atoms with Crippen molar-refractivity contribution in [1.29, 1.82) is 0 Å². The molecule has 0 spiro atoms. The first-order chi connectivity index (χ1) is 11.9. The molecule has 3 atom stereocenters. The summed E-state index contributed by atoms with van der Waals surface area (Å²) in [6, 6.07) is 1.90. The van der Waals surface area contributed by atoms with Crippen LogP contribution in [0.2, 0.25) is 0 Å². The molecule has 2 saturated heterocycles. The standard InChI is InChI=1S/C17H27N5O3/c1-12-8-13(16(23)24)10-22(9-12)17(25)19-14-4-3-7-21(11-14)15-5-6-18-20(15)2/h5-6,12-14H,3-4,7-11H2,1-2H3,(H,19,25)(H,23,24). The molecule has 0 bridgehead atoms. The summed E-state index contributed by atoms with van der Waals surface area (Å²) in [7, 11) is 1.92. The van der Waals surface area contributed by atoms with Crippen LogP contribution in [0.4, 0.5) is 10.6 Å². The van der Waals surface area contributed by atoms with Gasteiger partial charge >= 0.3 is 12.0 Å². The van der Waals surface area contributed by atoms with Crippen molar-refractivity contribution >= 4 is 17.8 Å². The monoisotopic (exact) mass is 349 g/mol. The fourth-order valence-electron chi connectivity index (χ4n) is 3.94. The van der Waals surface area contributed by atoms with Crippen LogP contribution in [0, 0.1) is 11.8 Å². The van der Waals surface area contributed by atoms with E-state index in [2.05, 4.69) is 15.3 Å². The van der Waals surface area contributed by atoms with Crippen molar-refractivity contribution in [3.05, 3.63) is 12.3 Å². The predicted molar refractivity (Wildman–Crippen MR) is 93.5 cm³/mol. The van der Waals surface area contributed by atoms with Gasteiger partial charge in [-0.15, -0.1) is 0 Å². The highest BCUT2D eigenvalue weighted by molar-refractivity contribution is 5.77. The van der Waals surface area contributed by atoms with Crippen molar-refractivity contribution in [2.75, 3.05) is 31.1 Å². The van der Waals surface area contributed by atoms with Crippen LogP contribution in [0.5, 0.6) is 0 Å². The first-order valence-electron chi connectivity index (χ1n) is 8.95. The molecule has 0 saturated carbocycles. The van der Waals surface area contributed by atoms with E-state index in [0.29, 0.717) is 19.5 Å². The van der Waals surface area contributed by atoms with Gasteiger partial charge in [0.05, 0.1) is 12.1 Å². The number of aromatic nitrogens is 2. The summed E-state index contributed by atoms with van der Waals surface area (Å²) < 4.78 is 1.84. The molecule has 0 radical (unpaired) electrons. The van der Waals surface area contributed by atoms with Gasteiger partial charge in [0.15, 0.2) is 0 Å². The lowest BCUT2D eigenvalue weighted by Gasteiger charge is -2.38. The quantitative estimate of drug-likeness (QED) is 0.854. The number of carbonyl (C=O) groups excluding carboxylic acids is 1. The molecule has 1 aromatic rings. The second-order valence-electron chi connectivity index (χ2n) is 7.33. The van der Waals surface area contributed by atoms with Crippen LogP contribution in [-0.4, -0.2) is 64.0 Å². The summed E-state index contributed by atoms with van der Waals surface area (Å²) in [4.78, 5) is 27.8. The minimum absolute atomic E-state index is 0.0664. The van der Waals surface area contributed by atoms with Crippen LogP contribution in [-0.2, 0) is 11.8 Å². The number of carboxylic acids is 1. The van der Waals surface area contributed by atoms with Gasteiger partial charge in [-0.05, 0) is 25.2 Å². The van der Waals surface area contributed by atoms with Gasteiger partial charge in [0, 0.05) is 45.3 Å². The van der Waals surface area contributed by atoms with Gasteiger partial charge in [0.1, 0.15) is 5.82 Å². The molecule has 8 heteroatoms. The van der Waals surface area contributed by atoms with Crippen LogP contribution in [0.25, 0.3) is 0 Å². The molecule has 2 aliphatic rings. The molecule has 2 aliphatic heterocycles. The van der Waals surface area contributed by atoms with Crippen molar-refractivity contribution in [2.45, 2.75) is 32.2 Å². The lowest BCUT2D eigenvalue weighted by molar-refractivity contribution is -0.143. The van der Waals surface area contributed by atoms with Gasteiger partial charge in [0.2, 0.25) is 0 Å². The topological polar surface area (TPSA) is 90.7 Å². The number of aliphatic carboxylic acids is 1. The predicted octanol–water partition coefficient (Wildman–Crippen LogP) is 1.14. The molecule has 8 nitrogen and oxygen atoms in total. The van der Waals surface area contributed by atoms with Gasteiger partial charge < -0.3 is 20.2 Å². The molecular formula is C17H27N5O3. The average Bonchev–Trinajstić information content (AvgIpc) is 3.00. The number of hydrogen-bond acceptors (Lipinski definition) is 4. The molecular weight excluding hydrogens is 322 g/mol. The average molecular weight is 349 g/mol. The second-order valence-corrected chi connectivity index (χ2v) is 7.33. The van der Waals surface area contributed by atoms with E-state index in [4.69, 9.17) is 0 Å². The van der Waals surface area contributed by atoms with E-state index < -0.39 is 11.9 Å². The van der Waals surface area contributed by atoms with Crippen LogP contribution in [0.3, 0.4) is 0 Å². The summed E-state index contributed by atoms with van der Waals surface area (Å²) in [6.45, 7) is 4.61. The minimum atomic E-state index is -0.815. The Morgan fingerprint density at radius 2 is 2.12 bits per heavy atom. The zero-order valence-electron chi connectivity index (χ0n) is 14.9. The first-order valence-corrected chi connectivity index (χ1v) is 8.95. The fraction of sp³-hybridized carbons (Fsp3) is 0.706. The Kier molecular flexibility index (Phi) is 5.15. The van der Waals surface area contributed by atoms with Gasteiger partial charge in [-0.1, -0.05) is 6.92 Å². The van der Waals surface area contributed by atoms with E-state index >= 15 is 0 Å². The van der Waals surface area contributed by atoms with Gasteiger partial charge in [-0.3, -0.25) is 9.48 Å². The van der Waals surface area contributed by atoms with E-state index in [1.54, 1.807) is 11.1 Å². The Balaban J connectivity index is 1.58. The highest BCUT2D eigenvalue weighted by Crippen LogP contribution is 2.23. The summed E-state index contributed by atoms with van der Waals surface area (Å²) in [5.41, 5.74) is 0. The number of aryl methyl sites for hydroxylation is 1. The number of rotatable bonds is 3. The van der Waals surface area contributed by atoms with E-state index in [1.165, 1.54) is 0 Å². The Morgan fingerprint density at radius 1 is 1.32 bits per heavy atom. The number of hydrogen-bond donors (Lipinski definition) is 2. The van der Waals surface area contributed by atoms with Crippen molar-refractivity contribution in [3.63, 3.8) is 0 Å². The van der Waals surface area contributed by atoms with Crippen LogP contribution in [0.1, 0.15) is 26.2 Å². The molecule has 0 aliphatic carbocycles. The molecule has 3 rings (SSSR count). The van der Waals surface area contributed by atoms with Crippen molar-refractivity contribution in [3.8, 4) is 0 Å². The number of carboxylic acid groups (broad SMARTS) is 1. The van der Waals surface area contributed by atoms with E-state index in [-0.39, 0.29) is 18.0 Å². The molecule has 2 N–H and O–H groups in total. The normalized spacial score (nSPS) is 27.2. The summed E-state index contributed by atoms with van der Waals surface area (Å²) in [5.74, 6) is -0.0226. The highest BCUT2D eigenvalue weighted by Gasteiger charge is 2.33. The first kappa shape index (κ1) is 17.6. The Bertz CT molecular complexity index is 632. The van der Waals surface area contributed by atoms with E-state index in [0.717, 1.165) is 31.7 Å². The number of nitrogens with one attached hydrogen (secondary N) is 1.